The number of fused-ring (bicyclic) bond motifs is 1. The van der Waals surface area contributed by atoms with Crippen LogP contribution in [0.1, 0.15) is 12.0 Å². The highest BCUT2D eigenvalue weighted by Gasteiger charge is 2.38. The molecule has 1 aliphatic heterocycles. The molecule has 2 aromatic heterocycles. The Kier molecular flexibility index (Phi) is 4.69. The van der Waals surface area contributed by atoms with Gasteiger partial charge in [-0.1, -0.05) is 30.3 Å². The fourth-order valence-corrected chi connectivity index (χ4v) is 3.38. The average Bonchev–Trinajstić information content (AvgIpc) is 3.14. The van der Waals surface area contributed by atoms with Crippen LogP contribution in [0.4, 0.5) is 19.0 Å². The summed E-state index contributed by atoms with van der Waals surface area (Å²) in [5.41, 5.74) is 0.506. The molecule has 27 heavy (non-hydrogen) atoms. The molecule has 0 radical (unpaired) electrons. The van der Waals surface area contributed by atoms with Gasteiger partial charge >= 0.3 is 0 Å². The van der Waals surface area contributed by atoms with Gasteiger partial charge in [0.05, 0.1) is 24.2 Å². The summed E-state index contributed by atoms with van der Waals surface area (Å²) in [6.45, 7) is -0.177. The van der Waals surface area contributed by atoms with Gasteiger partial charge in [0.15, 0.2) is 5.65 Å². The van der Waals surface area contributed by atoms with E-state index < -0.39 is 24.7 Å². The number of hydrogen-bond acceptors (Lipinski definition) is 5. The van der Waals surface area contributed by atoms with Gasteiger partial charge in [-0.2, -0.15) is 13.9 Å². The lowest BCUT2D eigenvalue weighted by molar-refractivity contribution is -0.0491. The Morgan fingerprint density at radius 1 is 1.22 bits per heavy atom. The lowest BCUT2D eigenvalue weighted by atomic mass is 10.0. The maximum Gasteiger partial charge on any atom is 0.285 e. The van der Waals surface area contributed by atoms with Crippen LogP contribution in [0.15, 0.2) is 42.9 Å². The van der Waals surface area contributed by atoms with Gasteiger partial charge in [0, 0.05) is 18.7 Å². The molecule has 1 aliphatic rings. The van der Waals surface area contributed by atoms with Gasteiger partial charge in [-0.3, -0.25) is 10.00 Å². The van der Waals surface area contributed by atoms with Crippen LogP contribution < -0.4 is 5.32 Å². The first-order valence-electron chi connectivity index (χ1n) is 8.73. The van der Waals surface area contributed by atoms with Crippen molar-refractivity contribution in [1.82, 2.24) is 25.1 Å². The molecule has 2 N–H and O–H groups in total. The van der Waals surface area contributed by atoms with Gasteiger partial charge in [-0.15, -0.1) is 0 Å². The zero-order valence-corrected chi connectivity index (χ0v) is 14.4. The van der Waals surface area contributed by atoms with Crippen molar-refractivity contribution >= 4 is 16.9 Å². The largest absolute Gasteiger partial charge is 0.364 e. The van der Waals surface area contributed by atoms with Gasteiger partial charge in [-0.05, 0) is 6.42 Å². The van der Waals surface area contributed by atoms with E-state index in [2.05, 4.69) is 25.5 Å². The number of rotatable bonds is 5. The fraction of sp³-hybridized carbons (Fsp3) is 0.389. The molecule has 0 amide bonds. The van der Waals surface area contributed by atoms with Crippen molar-refractivity contribution in [2.75, 3.05) is 25.0 Å². The minimum absolute atomic E-state index is 0.0519. The van der Waals surface area contributed by atoms with E-state index in [-0.39, 0.29) is 12.1 Å². The van der Waals surface area contributed by atoms with Crippen molar-refractivity contribution in [2.24, 2.45) is 0 Å². The van der Waals surface area contributed by atoms with Crippen molar-refractivity contribution in [1.29, 1.82) is 0 Å². The molecule has 0 spiro atoms. The van der Waals surface area contributed by atoms with Crippen molar-refractivity contribution in [3.8, 4) is 0 Å². The van der Waals surface area contributed by atoms with Crippen LogP contribution in [0.3, 0.4) is 0 Å². The van der Waals surface area contributed by atoms with E-state index >= 15 is 0 Å². The Balaban J connectivity index is 1.40. The van der Waals surface area contributed by atoms with Crippen LogP contribution in [-0.4, -0.2) is 56.9 Å². The number of benzene rings is 1. The Labute approximate surface area is 153 Å². The number of hydrogen-bond donors (Lipinski definition) is 2. The maximum atomic E-state index is 14.7. The highest BCUT2D eigenvalue weighted by molar-refractivity contribution is 5.85. The summed E-state index contributed by atoms with van der Waals surface area (Å²) in [7, 11) is 0. The predicted molar refractivity (Wildman–Crippen MR) is 95.4 cm³/mol. The first-order chi connectivity index (χ1) is 13.0. The summed E-state index contributed by atoms with van der Waals surface area (Å²) in [5, 5.41) is 10.4. The van der Waals surface area contributed by atoms with Gasteiger partial charge in [0.1, 0.15) is 18.3 Å². The summed E-state index contributed by atoms with van der Waals surface area (Å²) < 4.78 is 43.6. The fourth-order valence-electron chi connectivity index (χ4n) is 3.38. The van der Waals surface area contributed by atoms with E-state index in [9.17, 15) is 13.2 Å². The van der Waals surface area contributed by atoms with E-state index in [1.807, 2.05) is 0 Å². The lowest BCUT2D eigenvalue weighted by Crippen LogP contribution is -2.50. The molecule has 4 rings (SSSR count). The number of nitrogens with one attached hydrogen (secondary N) is 2. The van der Waals surface area contributed by atoms with Crippen molar-refractivity contribution < 1.29 is 13.2 Å². The van der Waals surface area contributed by atoms with Crippen LogP contribution in [0.2, 0.25) is 0 Å². The molecule has 0 bridgehead atoms. The third-order valence-electron chi connectivity index (χ3n) is 4.81. The Bertz CT molecular complexity index is 900. The quantitative estimate of drug-likeness (QED) is 0.717. The topological polar surface area (TPSA) is 69.7 Å². The second kappa shape index (κ2) is 7.15. The Hall–Kier alpha value is -2.68. The molecule has 9 heteroatoms. The summed E-state index contributed by atoms with van der Waals surface area (Å²) in [4.78, 5) is 9.66. The zero-order chi connectivity index (χ0) is 18.9. The third kappa shape index (κ3) is 3.73. The van der Waals surface area contributed by atoms with Gasteiger partial charge in [-0.25, -0.2) is 14.4 Å². The van der Waals surface area contributed by atoms with E-state index in [1.165, 1.54) is 23.4 Å². The lowest BCUT2D eigenvalue weighted by Gasteiger charge is -2.36. The smallest absolute Gasteiger partial charge is 0.285 e. The van der Waals surface area contributed by atoms with Gasteiger partial charge < -0.3 is 5.32 Å². The van der Waals surface area contributed by atoms with E-state index in [4.69, 9.17) is 0 Å². The van der Waals surface area contributed by atoms with E-state index in [1.54, 1.807) is 24.4 Å². The second-order valence-corrected chi connectivity index (χ2v) is 6.72. The standard InChI is InChI=1S/C18H19F3N6/c19-14-9-27(10-18(20,21)12-4-2-1-3-5-12)7-6-15(14)25-16-13-8-24-26-17(13)23-11-22-16/h1-5,8,11,14-15H,6-7,9-10H2,(H2,22,23,24,25,26)/t14-,15-/m0/s1. The minimum Gasteiger partial charge on any atom is -0.364 e. The van der Waals surface area contributed by atoms with Crippen LogP contribution in [0.25, 0.3) is 11.0 Å². The highest BCUT2D eigenvalue weighted by atomic mass is 19.3. The number of H-pyrrole nitrogens is 1. The first-order valence-corrected chi connectivity index (χ1v) is 8.73. The molecular weight excluding hydrogens is 357 g/mol. The van der Waals surface area contributed by atoms with E-state index in [0.29, 0.717) is 29.8 Å². The summed E-state index contributed by atoms with van der Waals surface area (Å²) in [6, 6.07) is 7.14. The number of anilines is 1. The average molecular weight is 376 g/mol. The number of halogens is 3. The highest BCUT2D eigenvalue weighted by Crippen LogP contribution is 2.30. The number of alkyl halides is 3. The number of likely N-dealkylation sites (tertiary alicyclic amines) is 1. The molecule has 2 atom stereocenters. The zero-order valence-electron chi connectivity index (χ0n) is 14.4. The van der Waals surface area contributed by atoms with Crippen molar-refractivity contribution in [2.45, 2.75) is 24.6 Å². The number of nitrogens with zero attached hydrogens (tertiary/aromatic N) is 4. The molecule has 1 saturated heterocycles. The number of aromatic nitrogens is 4. The molecule has 1 fully saturated rings. The molecule has 0 unspecified atom stereocenters. The normalized spacial score (nSPS) is 21.4. The Morgan fingerprint density at radius 2 is 2.04 bits per heavy atom. The van der Waals surface area contributed by atoms with Crippen molar-refractivity contribution in [3.05, 3.63) is 48.4 Å². The van der Waals surface area contributed by atoms with Crippen LogP contribution in [-0.2, 0) is 5.92 Å². The summed E-state index contributed by atoms with van der Waals surface area (Å²) in [6.07, 6.45) is 2.05. The summed E-state index contributed by atoms with van der Waals surface area (Å²) in [5.74, 6) is -2.53. The predicted octanol–water partition coefficient (Wildman–Crippen LogP) is 2.97. The molecule has 0 saturated carbocycles. The third-order valence-corrected chi connectivity index (χ3v) is 4.81. The molecular formula is C18H19F3N6. The van der Waals surface area contributed by atoms with Crippen LogP contribution >= 0.6 is 0 Å². The van der Waals surface area contributed by atoms with Gasteiger partial charge in [0.2, 0.25) is 0 Å². The Morgan fingerprint density at radius 3 is 2.81 bits per heavy atom. The summed E-state index contributed by atoms with van der Waals surface area (Å²) >= 11 is 0. The molecule has 0 aliphatic carbocycles. The number of piperidine rings is 1. The molecule has 6 nitrogen and oxygen atoms in total. The molecule has 3 heterocycles. The number of aromatic amines is 1. The molecule has 3 aromatic rings. The molecule has 142 valence electrons. The second-order valence-electron chi connectivity index (χ2n) is 6.72. The minimum atomic E-state index is -3.02. The van der Waals surface area contributed by atoms with Crippen LogP contribution in [0.5, 0.6) is 0 Å². The van der Waals surface area contributed by atoms with Crippen LogP contribution in [0, 0.1) is 0 Å². The monoisotopic (exact) mass is 376 g/mol. The first kappa shape index (κ1) is 17.7. The van der Waals surface area contributed by atoms with Crippen molar-refractivity contribution in [3.63, 3.8) is 0 Å². The molecule has 1 aromatic carbocycles. The SMILES string of the molecule is F[C@H]1CN(CC(F)(F)c2ccccc2)CC[C@@H]1Nc1ncnc2[nH]ncc12. The van der Waals surface area contributed by atoms with E-state index in [0.717, 1.165) is 0 Å². The van der Waals surface area contributed by atoms with Gasteiger partial charge in [0.25, 0.3) is 5.92 Å². The maximum absolute atomic E-state index is 14.7.